The van der Waals surface area contributed by atoms with Gasteiger partial charge in [0.1, 0.15) is 0 Å². The molecule has 1 fully saturated rings. The number of hydrogen-bond donors (Lipinski definition) is 0. The summed E-state index contributed by atoms with van der Waals surface area (Å²) >= 11 is 0. The molecule has 1 aliphatic heterocycles. The Morgan fingerprint density at radius 3 is 2.21 bits per heavy atom. The second-order valence-corrected chi connectivity index (χ2v) is 3.75. The first-order chi connectivity index (χ1) is 9.29. The minimum Gasteiger partial charge on any atom is -0.378 e. The Bertz CT molecular complexity index is 336. The lowest BCUT2D eigenvalue weighted by Crippen LogP contribution is -2.37. The molecule has 0 atom stereocenters. The Morgan fingerprint density at radius 2 is 1.68 bits per heavy atom. The van der Waals surface area contributed by atoms with Crippen LogP contribution in [0.15, 0.2) is 6.07 Å². The Kier molecular flexibility index (Phi) is 10.1. The molecule has 2 rings (SSSR count). The molecular weight excluding hydrogens is 238 g/mol. The predicted octanol–water partition coefficient (Wildman–Crippen LogP) is 3.24. The highest BCUT2D eigenvalue weighted by Gasteiger charge is 2.14. The lowest BCUT2D eigenvalue weighted by molar-refractivity contribution is 0.122. The molecule has 2 heterocycles. The van der Waals surface area contributed by atoms with Gasteiger partial charge in [-0.25, -0.2) is 9.97 Å². The first-order valence-corrected chi connectivity index (χ1v) is 7.47. The SMILES string of the molecule is CC.CC.CCc1cc(C)nc(N2CCOCC2)n1. The normalized spacial score (nSPS) is 13.9. The van der Waals surface area contributed by atoms with E-state index in [1.165, 1.54) is 0 Å². The lowest BCUT2D eigenvalue weighted by atomic mass is 10.3. The zero-order valence-electron chi connectivity index (χ0n) is 13.4. The van der Waals surface area contributed by atoms with Crippen LogP contribution in [0.3, 0.4) is 0 Å². The lowest BCUT2D eigenvalue weighted by Gasteiger charge is -2.27. The molecule has 0 aromatic carbocycles. The fourth-order valence-electron chi connectivity index (χ4n) is 1.70. The van der Waals surface area contributed by atoms with Gasteiger partial charge in [-0.3, -0.25) is 0 Å². The molecule has 0 bridgehead atoms. The first kappa shape index (κ1) is 17.8. The maximum Gasteiger partial charge on any atom is 0.225 e. The van der Waals surface area contributed by atoms with Gasteiger partial charge in [-0.2, -0.15) is 0 Å². The van der Waals surface area contributed by atoms with Gasteiger partial charge < -0.3 is 9.64 Å². The van der Waals surface area contributed by atoms with Crippen LogP contribution in [0.5, 0.6) is 0 Å². The van der Waals surface area contributed by atoms with E-state index in [1.807, 2.05) is 40.7 Å². The van der Waals surface area contributed by atoms with Crippen molar-refractivity contribution < 1.29 is 4.74 Å². The van der Waals surface area contributed by atoms with Crippen LogP contribution in [0.1, 0.15) is 46.0 Å². The van der Waals surface area contributed by atoms with Crippen molar-refractivity contribution in [3.8, 4) is 0 Å². The smallest absolute Gasteiger partial charge is 0.225 e. The highest BCUT2D eigenvalue weighted by molar-refractivity contribution is 5.32. The molecule has 1 aromatic heterocycles. The topological polar surface area (TPSA) is 38.2 Å². The van der Waals surface area contributed by atoms with Gasteiger partial charge in [0.15, 0.2) is 0 Å². The minimum absolute atomic E-state index is 0.777. The van der Waals surface area contributed by atoms with E-state index in [9.17, 15) is 0 Å². The van der Waals surface area contributed by atoms with E-state index in [-0.39, 0.29) is 0 Å². The van der Waals surface area contributed by atoms with Crippen molar-refractivity contribution in [1.82, 2.24) is 9.97 Å². The Morgan fingerprint density at radius 1 is 1.11 bits per heavy atom. The van der Waals surface area contributed by atoms with Gasteiger partial charge in [0, 0.05) is 24.5 Å². The van der Waals surface area contributed by atoms with Crippen molar-refractivity contribution in [2.24, 2.45) is 0 Å². The Labute approximate surface area is 118 Å². The summed E-state index contributed by atoms with van der Waals surface area (Å²) in [5, 5.41) is 0. The zero-order valence-corrected chi connectivity index (χ0v) is 13.4. The van der Waals surface area contributed by atoms with E-state index < -0.39 is 0 Å². The molecule has 4 heteroatoms. The summed E-state index contributed by atoms with van der Waals surface area (Å²) in [6.45, 7) is 15.5. The van der Waals surface area contributed by atoms with E-state index >= 15 is 0 Å². The number of aromatic nitrogens is 2. The molecule has 0 N–H and O–H groups in total. The van der Waals surface area contributed by atoms with Crippen molar-refractivity contribution in [1.29, 1.82) is 0 Å². The second kappa shape index (κ2) is 10.7. The average molecular weight is 267 g/mol. The molecule has 0 aliphatic carbocycles. The van der Waals surface area contributed by atoms with Crippen molar-refractivity contribution in [2.75, 3.05) is 31.2 Å². The summed E-state index contributed by atoms with van der Waals surface area (Å²) in [4.78, 5) is 11.2. The van der Waals surface area contributed by atoms with Crippen LogP contribution in [-0.4, -0.2) is 36.3 Å². The van der Waals surface area contributed by atoms with Crippen LogP contribution in [0.4, 0.5) is 5.95 Å². The number of aryl methyl sites for hydroxylation is 2. The Hall–Kier alpha value is -1.16. The summed E-state index contributed by atoms with van der Waals surface area (Å²) < 4.78 is 5.31. The summed E-state index contributed by atoms with van der Waals surface area (Å²) in [5.74, 6) is 0.857. The summed E-state index contributed by atoms with van der Waals surface area (Å²) in [6, 6.07) is 2.05. The third-order valence-electron chi connectivity index (χ3n) is 2.55. The molecule has 1 aromatic rings. The number of hydrogen-bond acceptors (Lipinski definition) is 4. The molecule has 1 saturated heterocycles. The monoisotopic (exact) mass is 267 g/mol. The molecule has 0 spiro atoms. The quantitative estimate of drug-likeness (QED) is 0.824. The maximum atomic E-state index is 5.31. The molecule has 0 amide bonds. The standard InChI is InChI=1S/C11H17N3O.2C2H6/c1-3-10-8-9(2)12-11(13-10)14-4-6-15-7-5-14;2*1-2/h8H,3-7H2,1-2H3;2*1-2H3. The molecule has 110 valence electrons. The summed E-state index contributed by atoms with van der Waals surface area (Å²) in [5.41, 5.74) is 2.16. The number of morpholine rings is 1. The molecule has 19 heavy (non-hydrogen) atoms. The van der Waals surface area contributed by atoms with Crippen LogP contribution >= 0.6 is 0 Å². The number of ether oxygens (including phenoxy) is 1. The van der Waals surface area contributed by atoms with Gasteiger partial charge in [-0.15, -0.1) is 0 Å². The van der Waals surface area contributed by atoms with Gasteiger partial charge in [0.05, 0.1) is 13.2 Å². The largest absolute Gasteiger partial charge is 0.378 e. The van der Waals surface area contributed by atoms with Gasteiger partial charge in [-0.1, -0.05) is 34.6 Å². The van der Waals surface area contributed by atoms with Gasteiger partial charge >= 0.3 is 0 Å². The van der Waals surface area contributed by atoms with Gasteiger partial charge in [0.25, 0.3) is 0 Å². The van der Waals surface area contributed by atoms with Crippen LogP contribution < -0.4 is 4.90 Å². The highest BCUT2D eigenvalue weighted by Crippen LogP contribution is 2.12. The van der Waals surface area contributed by atoms with E-state index in [4.69, 9.17) is 4.74 Å². The highest BCUT2D eigenvalue weighted by atomic mass is 16.5. The van der Waals surface area contributed by atoms with Gasteiger partial charge in [-0.05, 0) is 19.4 Å². The fourth-order valence-corrected chi connectivity index (χ4v) is 1.70. The molecular formula is C15H29N3O. The third-order valence-corrected chi connectivity index (χ3v) is 2.55. The van der Waals surface area contributed by atoms with Crippen molar-refractivity contribution >= 4 is 5.95 Å². The van der Waals surface area contributed by atoms with Gasteiger partial charge in [0.2, 0.25) is 5.95 Å². The summed E-state index contributed by atoms with van der Waals surface area (Å²) in [7, 11) is 0. The molecule has 0 radical (unpaired) electrons. The number of rotatable bonds is 2. The van der Waals surface area contributed by atoms with E-state index in [0.717, 1.165) is 50.1 Å². The van der Waals surface area contributed by atoms with E-state index in [1.54, 1.807) is 0 Å². The van der Waals surface area contributed by atoms with Crippen molar-refractivity contribution in [3.63, 3.8) is 0 Å². The van der Waals surface area contributed by atoms with E-state index in [2.05, 4.69) is 21.8 Å². The first-order valence-electron chi connectivity index (χ1n) is 7.47. The van der Waals surface area contributed by atoms with E-state index in [0.29, 0.717) is 0 Å². The number of nitrogens with zero attached hydrogens (tertiary/aromatic N) is 3. The van der Waals surface area contributed by atoms with Crippen LogP contribution in [-0.2, 0) is 11.2 Å². The molecule has 0 saturated carbocycles. The van der Waals surface area contributed by atoms with Crippen LogP contribution in [0.25, 0.3) is 0 Å². The molecule has 1 aliphatic rings. The van der Waals surface area contributed by atoms with Crippen LogP contribution in [0.2, 0.25) is 0 Å². The minimum atomic E-state index is 0.777. The molecule has 4 nitrogen and oxygen atoms in total. The average Bonchev–Trinajstić information content (AvgIpc) is 2.51. The van der Waals surface area contributed by atoms with Crippen molar-refractivity contribution in [3.05, 3.63) is 17.5 Å². The molecule has 0 unspecified atom stereocenters. The zero-order chi connectivity index (χ0) is 14.7. The maximum absolute atomic E-state index is 5.31. The van der Waals surface area contributed by atoms with Crippen molar-refractivity contribution in [2.45, 2.75) is 48.0 Å². The fraction of sp³-hybridized carbons (Fsp3) is 0.733. The third kappa shape index (κ3) is 6.01. The predicted molar refractivity (Wildman–Crippen MR) is 81.9 cm³/mol. The number of anilines is 1. The second-order valence-electron chi connectivity index (χ2n) is 3.75. The van der Waals surface area contributed by atoms with Crippen LogP contribution in [0, 0.1) is 6.92 Å². The Balaban J connectivity index is 0.000000741. The summed E-state index contributed by atoms with van der Waals surface area (Å²) in [6.07, 6.45) is 0.959.